The van der Waals surface area contributed by atoms with E-state index in [1.165, 1.54) is 6.42 Å². The number of pyridine rings is 1. The first-order valence-corrected chi connectivity index (χ1v) is 9.42. The maximum Gasteiger partial charge on any atom is 0.318 e. The second kappa shape index (κ2) is 9.34. The van der Waals surface area contributed by atoms with Crippen LogP contribution in [-0.4, -0.2) is 40.2 Å². The van der Waals surface area contributed by atoms with Crippen molar-refractivity contribution < 1.29 is 9.90 Å². The molecule has 1 saturated carbocycles. The highest BCUT2D eigenvalue weighted by atomic mass is 16.3. The second-order valence-corrected chi connectivity index (χ2v) is 6.78. The molecule has 1 heterocycles. The summed E-state index contributed by atoms with van der Waals surface area (Å²) in [4.78, 5) is 19.0. The SMILES string of the molecule is O=C(N[C@H](c1ccccc1)c1ccncc1)N(CCO)C1CCCCC1. The number of aliphatic hydroxyl groups excluding tert-OH is 1. The normalized spacial score (nSPS) is 16.0. The van der Waals surface area contributed by atoms with E-state index in [0.29, 0.717) is 6.54 Å². The summed E-state index contributed by atoms with van der Waals surface area (Å²) in [5.41, 5.74) is 2.02. The lowest BCUT2D eigenvalue weighted by atomic mass is 9.94. The number of benzene rings is 1. The molecular formula is C21H27N3O2. The zero-order valence-electron chi connectivity index (χ0n) is 15.1. The van der Waals surface area contributed by atoms with E-state index < -0.39 is 0 Å². The molecule has 0 aliphatic heterocycles. The van der Waals surface area contributed by atoms with Gasteiger partial charge in [0.2, 0.25) is 0 Å². The summed E-state index contributed by atoms with van der Waals surface area (Å²) in [5, 5.41) is 12.6. The number of rotatable bonds is 6. The highest BCUT2D eigenvalue weighted by molar-refractivity contribution is 5.75. The van der Waals surface area contributed by atoms with Gasteiger partial charge in [-0.15, -0.1) is 0 Å². The standard InChI is InChI=1S/C21H27N3O2/c25-16-15-24(19-9-5-2-6-10-19)21(26)23-20(17-7-3-1-4-8-17)18-11-13-22-14-12-18/h1,3-4,7-8,11-14,19-20,25H,2,5-6,9-10,15-16H2,(H,23,26)/t20-/m1/s1. The van der Waals surface area contributed by atoms with Crippen molar-refractivity contribution in [2.75, 3.05) is 13.2 Å². The predicted molar refractivity (Wildman–Crippen MR) is 102 cm³/mol. The van der Waals surface area contributed by atoms with E-state index in [9.17, 15) is 9.90 Å². The number of nitrogens with one attached hydrogen (secondary N) is 1. The van der Waals surface area contributed by atoms with Crippen LogP contribution in [0.1, 0.15) is 49.3 Å². The van der Waals surface area contributed by atoms with Crippen LogP contribution in [-0.2, 0) is 0 Å². The molecule has 26 heavy (non-hydrogen) atoms. The van der Waals surface area contributed by atoms with Gasteiger partial charge in [-0.25, -0.2) is 4.79 Å². The molecule has 0 saturated heterocycles. The molecule has 1 aromatic heterocycles. The summed E-state index contributed by atoms with van der Waals surface area (Å²) in [5.74, 6) is 0. The summed E-state index contributed by atoms with van der Waals surface area (Å²) in [6.07, 6.45) is 9.03. The van der Waals surface area contributed by atoms with Crippen LogP contribution in [0.15, 0.2) is 54.9 Å². The number of carbonyl (C=O) groups is 1. The molecule has 1 aliphatic carbocycles. The Morgan fingerprint density at radius 1 is 1.08 bits per heavy atom. The zero-order valence-corrected chi connectivity index (χ0v) is 15.1. The lowest BCUT2D eigenvalue weighted by molar-refractivity contribution is 0.133. The van der Waals surface area contributed by atoms with E-state index in [2.05, 4.69) is 10.3 Å². The molecular weight excluding hydrogens is 326 g/mol. The van der Waals surface area contributed by atoms with Crippen LogP contribution in [0.4, 0.5) is 4.79 Å². The van der Waals surface area contributed by atoms with E-state index in [1.54, 1.807) is 12.4 Å². The third kappa shape index (κ3) is 4.61. The Bertz CT molecular complexity index is 633. The Kier molecular flexibility index (Phi) is 6.61. The van der Waals surface area contributed by atoms with Crippen LogP contribution in [0.5, 0.6) is 0 Å². The van der Waals surface area contributed by atoms with Gasteiger partial charge >= 0.3 is 6.03 Å². The molecule has 2 aromatic rings. The summed E-state index contributed by atoms with van der Waals surface area (Å²) < 4.78 is 0. The van der Waals surface area contributed by atoms with Gasteiger partial charge < -0.3 is 15.3 Å². The molecule has 1 atom stereocenters. The van der Waals surface area contributed by atoms with Gasteiger partial charge in [-0.05, 0) is 36.1 Å². The Hall–Kier alpha value is -2.40. The first-order chi connectivity index (χ1) is 12.8. The number of amides is 2. The van der Waals surface area contributed by atoms with Crippen LogP contribution in [0.2, 0.25) is 0 Å². The van der Waals surface area contributed by atoms with E-state index in [-0.39, 0.29) is 24.7 Å². The van der Waals surface area contributed by atoms with Crippen molar-refractivity contribution in [1.29, 1.82) is 0 Å². The van der Waals surface area contributed by atoms with Gasteiger partial charge in [0.25, 0.3) is 0 Å². The fourth-order valence-electron chi connectivity index (χ4n) is 3.72. The molecule has 5 nitrogen and oxygen atoms in total. The maximum atomic E-state index is 13.1. The molecule has 0 spiro atoms. The molecule has 1 aromatic carbocycles. The van der Waals surface area contributed by atoms with Crippen molar-refractivity contribution in [3.63, 3.8) is 0 Å². The van der Waals surface area contributed by atoms with Crippen molar-refractivity contribution in [1.82, 2.24) is 15.2 Å². The average Bonchev–Trinajstić information content (AvgIpc) is 2.72. The Morgan fingerprint density at radius 2 is 1.73 bits per heavy atom. The maximum absolute atomic E-state index is 13.1. The van der Waals surface area contributed by atoms with Gasteiger partial charge in [0.15, 0.2) is 0 Å². The number of aromatic nitrogens is 1. The van der Waals surface area contributed by atoms with Crippen molar-refractivity contribution in [3.05, 3.63) is 66.0 Å². The van der Waals surface area contributed by atoms with E-state index in [0.717, 1.165) is 36.8 Å². The molecule has 138 valence electrons. The predicted octanol–water partition coefficient (Wildman–Crippen LogP) is 3.51. The third-order valence-corrected chi connectivity index (χ3v) is 5.06. The third-order valence-electron chi connectivity index (χ3n) is 5.06. The van der Waals surface area contributed by atoms with Gasteiger partial charge in [0.05, 0.1) is 12.6 Å². The quantitative estimate of drug-likeness (QED) is 0.835. The van der Waals surface area contributed by atoms with Crippen molar-refractivity contribution in [2.24, 2.45) is 0 Å². The minimum Gasteiger partial charge on any atom is -0.395 e. The van der Waals surface area contributed by atoms with E-state index >= 15 is 0 Å². The molecule has 5 heteroatoms. The number of urea groups is 1. The Morgan fingerprint density at radius 3 is 2.38 bits per heavy atom. The van der Waals surface area contributed by atoms with Crippen LogP contribution >= 0.6 is 0 Å². The highest BCUT2D eigenvalue weighted by Gasteiger charge is 2.27. The average molecular weight is 353 g/mol. The fourth-order valence-corrected chi connectivity index (χ4v) is 3.72. The fraction of sp³-hybridized carbons (Fsp3) is 0.429. The molecule has 0 radical (unpaired) electrons. The number of hydrogen-bond donors (Lipinski definition) is 2. The molecule has 0 unspecified atom stereocenters. The van der Waals surface area contributed by atoms with Gasteiger partial charge in [0, 0.05) is 25.0 Å². The molecule has 0 bridgehead atoms. The molecule has 1 aliphatic rings. The number of carbonyl (C=O) groups excluding carboxylic acids is 1. The second-order valence-electron chi connectivity index (χ2n) is 6.78. The smallest absolute Gasteiger partial charge is 0.318 e. The summed E-state index contributed by atoms with van der Waals surface area (Å²) in [6, 6.07) is 13.7. The van der Waals surface area contributed by atoms with Crippen molar-refractivity contribution in [3.8, 4) is 0 Å². The number of hydrogen-bond acceptors (Lipinski definition) is 3. The molecule has 2 N–H and O–H groups in total. The highest BCUT2D eigenvalue weighted by Crippen LogP contribution is 2.25. The topological polar surface area (TPSA) is 65.5 Å². The van der Waals surface area contributed by atoms with Gasteiger partial charge in [0.1, 0.15) is 0 Å². The van der Waals surface area contributed by atoms with Gasteiger partial charge in [-0.3, -0.25) is 4.98 Å². The zero-order chi connectivity index (χ0) is 18.2. The first-order valence-electron chi connectivity index (χ1n) is 9.42. The molecule has 1 fully saturated rings. The summed E-state index contributed by atoms with van der Waals surface area (Å²) >= 11 is 0. The van der Waals surface area contributed by atoms with Gasteiger partial charge in [-0.1, -0.05) is 49.6 Å². The van der Waals surface area contributed by atoms with E-state index in [1.807, 2.05) is 47.4 Å². The molecule has 2 amide bonds. The largest absolute Gasteiger partial charge is 0.395 e. The Balaban J connectivity index is 1.81. The lowest BCUT2D eigenvalue weighted by Gasteiger charge is -2.35. The number of nitrogens with zero attached hydrogens (tertiary/aromatic N) is 2. The van der Waals surface area contributed by atoms with Crippen LogP contribution < -0.4 is 5.32 Å². The van der Waals surface area contributed by atoms with Crippen molar-refractivity contribution >= 4 is 6.03 Å². The Labute approximate surface area is 155 Å². The minimum absolute atomic E-state index is 0.0187. The van der Waals surface area contributed by atoms with Gasteiger partial charge in [-0.2, -0.15) is 0 Å². The first kappa shape index (κ1) is 18.4. The van der Waals surface area contributed by atoms with Crippen LogP contribution in [0, 0.1) is 0 Å². The lowest BCUT2D eigenvalue weighted by Crippen LogP contribution is -2.49. The minimum atomic E-state index is -0.239. The van der Waals surface area contributed by atoms with Crippen molar-refractivity contribution in [2.45, 2.75) is 44.2 Å². The van der Waals surface area contributed by atoms with Crippen LogP contribution in [0.3, 0.4) is 0 Å². The summed E-state index contributed by atoms with van der Waals surface area (Å²) in [6.45, 7) is 0.351. The molecule has 3 rings (SSSR count). The van der Waals surface area contributed by atoms with E-state index in [4.69, 9.17) is 0 Å². The summed E-state index contributed by atoms with van der Waals surface area (Å²) in [7, 11) is 0. The van der Waals surface area contributed by atoms with Crippen LogP contribution in [0.25, 0.3) is 0 Å². The monoisotopic (exact) mass is 353 g/mol. The number of aliphatic hydroxyl groups is 1.